The summed E-state index contributed by atoms with van der Waals surface area (Å²) in [4.78, 5) is 38.9. The number of carbonyl (C=O) groups is 3. The van der Waals surface area contributed by atoms with Crippen LogP contribution in [0.5, 0.6) is 0 Å². The Labute approximate surface area is 208 Å². The number of amides is 1. The molecule has 1 N–H and O–H groups in total. The molecule has 1 heterocycles. The van der Waals surface area contributed by atoms with E-state index in [2.05, 4.69) is 5.32 Å². The quantitative estimate of drug-likeness (QED) is 0.442. The van der Waals surface area contributed by atoms with Gasteiger partial charge in [-0.2, -0.15) is 0 Å². The van der Waals surface area contributed by atoms with E-state index in [4.69, 9.17) is 9.47 Å². The fourth-order valence-corrected chi connectivity index (χ4v) is 4.92. The van der Waals surface area contributed by atoms with Gasteiger partial charge in [0.05, 0.1) is 31.5 Å². The van der Waals surface area contributed by atoms with Crippen LogP contribution in [0.15, 0.2) is 42.5 Å². The van der Waals surface area contributed by atoms with Crippen molar-refractivity contribution in [1.82, 2.24) is 0 Å². The maximum atomic E-state index is 13.6. The predicted molar refractivity (Wildman–Crippen MR) is 135 cm³/mol. The maximum Gasteiger partial charge on any atom is 0.362 e. The Morgan fingerprint density at radius 3 is 2.29 bits per heavy atom. The minimum Gasteiger partial charge on any atom is -0.465 e. The zero-order chi connectivity index (χ0) is 25.4. The minimum absolute atomic E-state index is 0.137. The molecule has 7 heteroatoms. The molecule has 0 bridgehead atoms. The predicted octanol–water partition coefficient (Wildman–Crippen LogP) is 4.55. The first-order valence-electron chi connectivity index (χ1n) is 12.3. The molecule has 1 unspecified atom stereocenters. The summed E-state index contributed by atoms with van der Waals surface area (Å²) in [6.45, 7) is 7.43. The molecule has 0 aliphatic carbocycles. The molecule has 1 aliphatic heterocycles. The molecule has 2 aromatic rings. The van der Waals surface area contributed by atoms with Crippen molar-refractivity contribution in [1.29, 1.82) is 0 Å². The smallest absolute Gasteiger partial charge is 0.362 e. The normalized spacial score (nSPS) is 16.0. The van der Waals surface area contributed by atoms with E-state index < -0.39 is 12.0 Å². The maximum absolute atomic E-state index is 13.6. The summed E-state index contributed by atoms with van der Waals surface area (Å²) in [6.07, 6.45) is 4.05. The van der Waals surface area contributed by atoms with E-state index in [1.807, 2.05) is 57.2 Å². The monoisotopic (exact) mass is 481 g/mol. The van der Waals surface area contributed by atoms with Crippen LogP contribution in [0.1, 0.15) is 59.7 Å². The Morgan fingerprint density at radius 1 is 1.00 bits per heavy atom. The van der Waals surface area contributed by atoms with E-state index in [-0.39, 0.29) is 25.0 Å². The highest BCUT2D eigenvalue weighted by molar-refractivity contribution is 6.03. The highest BCUT2D eigenvalue weighted by Crippen LogP contribution is 2.27. The molecular weight excluding hydrogens is 444 g/mol. The molecule has 0 spiro atoms. The average molecular weight is 482 g/mol. The van der Waals surface area contributed by atoms with Gasteiger partial charge in [0, 0.05) is 0 Å². The van der Waals surface area contributed by atoms with Crippen LogP contribution >= 0.6 is 0 Å². The molecule has 3 rings (SSSR count). The number of rotatable bonds is 8. The minimum atomic E-state index is -0.497. The van der Waals surface area contributed by atoms with Crippen molar-refractivity contribution in [3.8, 4) is 0 Å². The molecular formula is C28H37N2O5+. The first kappa shape index (κ1) is 26.4. The number of quaternary nitrogens is 1. The second-order valence-electron chi connectivity index (χ2n) is 9.55. The molecule has 1 atom stereocenters. The van der Waals surface area contributed by atoms with Gasteiger partial charge < -0.3 is 19.3 Å². The number of likely N-dealkylation sites (tertiary alicyclic amines) is 1. The Morgan fingerprint density at radius 2 is 1.66 bits per heavy atom. The number of nitrogens with zero attached hydrogens (tertiary/aromatic N) is 1. The van der Waals surface area contributed by atoms with Gasteiger partial charge in [-0.05, 0) is 69.2 Å². The number of esters is 2. The second-order valence-corrected chi connectivity index (χ2v) is 9.55. The van der Waals surface area contributed by atoms with Crippen LogP contribution in [0.3, 0.4) is 0 Å². The summed E-state index contributed by atoms with van der Waals surface area (Å²) in [5.41, 5.74) is 3.41. The SMILES string of the molecule is COC(=O)c1cc(C)cc(C)c1NC(=O)C(C)[N+]1(CC(=O)OCc2ccccc2)CCCCCC1. The number of methoxy groups -OCH3 is 1. The van der Waals surface area contributed by atoms with Crippen molar-refractivity contribution in [2.24, 2.45) is 0 Å². The van der Waals surface area contributed by atoms with Gasteiger partial charge in [0.2, 0.25) is 0 Å². The Kier molecular flexibility index (Phi) is 9.04. The zero-order valence-electron chi connectivity index (χ0n) is 21.3. The van der Waals surface area contributed by atoms with Crippen molar-refractivity contribution < 1.29 is 28.3 Å². The first-order valence-corrected chi connectivity index (χ1v) is 12.3. The van der Waals surface area contributed by atoms with Gasteiger partial charge in [0.25, 0.3) is 5.91 Å². The summed E-state index contributed by atoms with van der Waals surface area (Å²) in [6, 6.07) is 12.7. The van der Waals surface area contributed by atoms with Crippen molar-refractivity contribution >= 4 is 23.5 Å². The van der Waals surface area contributed by atoms with Crippen molar-refractivity contribution in [2.45, 2.75) is 59.1 Å². The number of ether oxygens (including phenoxy) is 2. The van der Waals surface area contributed by atoms with Crippen LogP contribution in [0, 0.1) is 13.8 Å². The van der Waals surface area contributed by atoms with Crippen LogP contribution in [0.25, 0.3) is 0 Å². The fraction of sp³-hybridized carbons (Fsp3) is 0.464. The molecule has 1 aliphatic rings. The van der Waals surface area contributed by atoms with E-state index in [0.717, 1.165) is 55.5 Å². The largest absolute Gasteiger partial charge is 0.465 e. The fourth-order valence-electron chi connectivity index (χ4n) is 4.92. The summed E-state index contributed by atoms with van der Waals surface area (Å²) < 4.78 is 10.9. The molecule has 0 saturated carbocycles. The highest BCUT2D eigenvalue weighted by atomic mass is 16.5. The van der Waals surface area contributed by atoms with Gasteiger partial charge in [-0.15, -0.1) is 0 Å². The second kappa shape index (κ2) is 12.0. The Bertz CT molecular complexity index is 1040. The van der Waals surface area contributed by atoms with Crippen LogP contribution < -0.4 is 5.32 Å². The van der Waals surface area contributed by atoms with Crippen LogP contribution in [0.2, 0.25) is 0 Å². The third kappa shape index (κ3) is 6.69. The lowest BCUT2D eigenvalue weighted by Crippen LogP contribution is -2.61. The average Bonchev–Trinajstić information content (AvgIpc) is 3.10. The molecule has 188 valence electrons. The molecule has 1 fully saturated rings. The molecule has 7 nitrogen and oxygen atoms in total. The van der Waals surface area contributed by atoms with Crippen LogP contribution in [-0.4, -0.2) is 55.1 Å². The van der Waals surface area contributed by atoms with Gasteiger partial charge in [0.15, 0.2) is 12.6 Å². The van der Waals surface area contributed by atoms with Crippen molar-refractivity contribution in [3.05, 3.63) is 64.7 Å². The summed E-state index contributed by atoms with van der Waals surface area (Å²) >= 11 is 0. The number of carbonyl (C=O) groups excluding carboxylic acids is 3. The summed E-state index contributed by atoms with van der Waals surface area (Å²) in [5, 5.41) is 2.99. The number of hydrogen-bond donors (Lipinski definition) is 1. The van der Waals surface area contributed by atoms with Crippen LogP contribution in [-0.2, 0) is 25.7 Å². The summed E-state index contributed by atoms with van der Waals surface area (Å²) in [5.74, 6) is -1.03. The van der Waals surface area contributed by atoms with E-state index in [1.54, 1.807) is 6.07 Å². The molecule has 2 aromatic carbocycles. The lowest BCUT2D eigenvalue weighted by molar-refractivity contribution is -0.933. The topological polar surface area (TPSA) is 81.7 Å². The van der Waals surface area contributed by atoms with Crippen molar-refractivity contribution in [2.75, 3.05) is 32.1 Å². The van der Waals surface area contributed by atoms with E-state index in [0.29, 0.717) is 15.7 Å². The third-order valence-electron chi connectivity index (χ3n) is 6.98. The first-order chi connectivity index (χ1) is 16.8. The van der Waals surface area contributed by atoms with E-state index in [9.17, 15) is 14.4 Å². The lowest BCUT2D eigenvalue weighted by atomic mass is 10.0. The molecule has 1 saturated heterocycles. The molecule has 0 aromatic heterocycles. The van der Waals surface area contributed by atoms with Crippen LogP contribution in [0.4, 0.5) is 5.69 Å². The molecule has 1 amide bonds. The van der Waals surface area contributed by atoms with Gasteiger partial charge in [-0.25, -0.2) is 9.59 Å². The van der Waals surface area contributed by atoms with Gasteiger partial charge >= 0.3 is 11.9 Å². The van der Waals surface area contributed by atoms with Gasteiger partial charge in [0.1, 0.15) is 6.61 Å². The standard InChI is InChI=1S/C28H36N2O5/c1-20-16-21(2)26(24(17-20)28(33)34-4)29-27(32)22(3)30(14-10-5-6-11-15-30)18-25(31)35-19-23-12-8-7-9-13-23/h7-9,12-13,16-17,22H,5-6,10-11,14-15,18-19H2,1-4H3/p+1. The third-order valence-corrected chi connectivity index (χ3v) is 6.98. The zero-order valence-corrected chi connectivity index (χ0v) is 21.3. The number of nitrogens with one attached hydrogen (secondary N) is 1. The molecule has 0 radical (unpaired) electrons. The highest BCUT2D eigenvalue weighted by Gasteiger charge is 2.41. The molecule has 35 heavy (non-hydrogen) atoms. The Balaban J connectivity index is 1.80. The van der Waals surface area contributed by atoms with Gasteiger partial charge in [-0.1, -0.05) is 36.4 Å². The van der Waals surface area contributed by atoms with Crippen molar-refractivity contribution in [3.63, 3.8) is 0 Å². The number of aryl methyl sites for hydroxylation is 2. The van der Waals surface area contributed by atoms with Gasteiger partial charge in [-0.3, -0.25) is 4.79 Å². The summed E-state index contributed by atoms with van der Waals surface area (Å²) in [7, 11) is 1.33. The van der Waals surface area contributed by atoms with E-state index >= 15 is 0 Å². The van der Waals surface area contributed by atoms with E-state index in [1.165, 1.54) is 7.11 Å². The lowest BCUT2D eigenvalue weighted by Gasteiger charge is -2.41. The Hall–Kier alpha value is -3.19. The number of hydrogen-bond acceptors (Lipinski definition) is 5. The number of anilines is 1. The number of benzene rings is 2.